The van der Waals surface area contributed by atoms with Crippen molar-refractivity contribution < 1.29 is 9.90 Å². The van der Waals surface area contributed by atoms with Crippen LogP contribution in [0.2, 0.25) is 0 Å². The molecular formula is C26H26N6O3. The number of benzene rings is 2. The number of carboxylic acid groups (broad SMARTS) is 1. The number of anilines is 3. The quantitative estimate of drug-likeness (QED) is 0.443. The first-order valence-electron chi connectivity index (χ1n) is 11.5. The molecule has 0 unspecified atom stereocenters. The van der Waals surface area contributed by atoms with Crippen molar-refractivity contribution in [2.24, 2.45) is 0 Å². The lowest BCUT2D eigenvalue weighted by atomic mass is 10.1. The van der Waals surface area contributed by atoms with Gasteiger partial charge in [0, 0.05) is 55.5 Å². The van der Waals surface area contributed by atoms with Gasteiger partial charge in [0.25, 0.3) is 5.56 Å². The molecule has 0 atom stereocenters. The number of pyridine rings is 1. The highest BCUT2D eigenvalue weighted by atomic mass is 16.4. The number of fused-ring (bicyclic) bond motifs is 1. The highest BCUT2D eigenvalue weighted by Gasteiger charge is 2.16. The fourth-order valence-electron chi connectivity index (χ4n) is 4.28. The molecule has 5 rings (SSSR count). The highest BCUT2D eigenvalue weighted by Crippen LogP contribution is 2.27. The molecule has 3 heterocycles. The number of carboxylic acids is 1. The summed E-state index contributed by atoms with van der Waals surface area (Å²) >= 11 is 0. The maximum absolute atomic E-state index is 12.9. The van der Waals surface area contributed by atoms with E-state index in [9.17, 15) is 14.7 Å². The number of carbonyl (C=O) groups is 1. The van der Waals surface area contributed by atoms with E-state index >= 15 is 0 Å². The number of hydrogen-bond acceptors (Lipinski definition) is 7. The number of nitrogens with one attached hydrogen (secondary N) is 1. The summed E-state index contributed by atoms with van der Waals surface area (Å²) in [6.45, 7) is 3.65. The molecule has 0 bridgehead atoms. The van der Waals surface area contributed by atoms with Crippen LogP contribution in [-0.2, 0) is 11.3 Å². The molecule has 178 valence electrons. The molecule has 2 aromatic carbocycles. The van der Waals surface area contributed by atoms with Gasteiger partial charge in [-0.3, -0.25) is 9.59 Å². The maximum Gasteiger partial charge on any atom is 0.323 e. The van der Waals surface area contributed by atoms with E-state index in [-0.39, 0.29) is 5.39 Å². The van der Waals surface area contributed by atoms with Gasteiger partial charge < -0.3 is 24.8 Å². The van der Waals surface area contributed by atoms with Crippen molar-refractivity contribution in [2.75, 3.05) is 43.4 Å². The summed E-state index contributed by atoms with van der Waals surface area (Å²) in [6.07, 6.45) is 3.01. The highest BCUT2D eigenvalue weighted by molar-refractivity contribution is 5.93. The van der Waals surface area contributed by atoms with Crippen LogP contribution >= 0.6 is 0 Å². The SMILES string of the molecule is CN1CCN(c2ccc(Nc3ncc4c(=O)n(CC(=O)O)cc(-c5ccccc5)c4n3)cc2)CC1. The molecular weight excluding hydrogens is 444 g/mol. The van der Waals surface area contributed by atoms with E-state index < -0.39 is 18.1 Å². The molecule has 2 aromatic heterocycles. The Balaban J connectivity index is 1.48. The Kier molecular flexibility index (Phi) is 6.15. The second-order valence-corrected chi connectivity index (χ2v) is 8.65. The average molecular weight is 471 g/mol. The van der Waals surface area contributed by atoms with Crippen molar-refractivity contribution >= 4 is 34.2 Å². The minimum atomic E-state index is -1.09. The molecule has 4 aromatic rings. The molecule has 1 fully saturated rings. The standard InChI is InChI=1S/C26H26N6O3/c1-30-11-13-31(14-12-30)20-9-7-19(8-10-20)28-26-27-15-21-24(29-26)22(18-5-3-2-4-6-18)16-32(25(21)35)17-23(33)34/h2-10,15-16H,11-14,17H2,1H3,(H,33,34)(H,27,28,29). The zero-order valence-electron chi connectivity index (χ0n) is 19.4. The molecule has 1 aliphatic rings. The van der Waals surface area contributed by atoms with Gasteiger partial charge in [0.05, 0.1) is 10.9 Å². The molecule has 9 nitrogen and oxygen atoms in total. The Bertz CT molecular complexity index is 1410. The number of aromatic nitrogens is 3. The monoisotopic (exact) mass is 470 g/mol. The summed E-state index contributed by atoms with van der Waals surface area (Å²) in [5, 5.41) is 12.7. The fourth-order valence-corrected chi connectivity index (χ4v) is 4.28. The third-order valence-corrected chi connectivity index (χ3v) is 6.20. The van der Waals surface area contributed by atoms with Crippen molar-refractivity contribution in [3.8, 4) is 11.1 Å². The van der Waals surface area contributed by atoms with Crippen molar-refractivity contribution in [2.45, 2.75) is 6.54 Å². The lowest BCUT2D eigenvalue weighted by Crippen LogP contribution is -2.44. The van der Waals surface area contributed by atoms with Crippen molar-refractivity contribution in [3.63, 3.8) is 0 Å². The molecule has 0 saturated carbocycles. The van der Waals surface area contributed by atoms with Gasteiger partial charge >= 0.3 is 5.97 Å². The van der Waals surface area contributed by atoms with Crippen LogP contribution in [0.5, 0.6) is 0 Å². The van der Waals surface area contributed by atoms with Crippen LogP contribution in [-0.4, -0.2) is 63.7 Å². The van der Waals surface area contributed by atoms with E-state index in [4.69, 9.17) is 0 Å². The topological polar surface area (TPSA) is 104 Å². The van der Waals surface area contributed by atoms with Crippen LogP contribution in [0, 0.1) is 0 Å². The molecule has 0 aliphatic carbocycles. The van der Waals surface area contributed by atoms with Crippen molar-refractivity contribution in [1.82, 2.24) is 19.4 Å². The number of likely N-dealkylation sites (N-methyl/N-ethyl adjacent to an activating group) is 1. The molecule has 0 spiro atoms. The Morgan fingerprint density at radius 2 is 1.74 bits per heavy atom. The minimum absolute atomic E-state index is 0.267. The molecule has 0 radical (unpaired) electrons. The number of nitrogens with zero attached hydrogens (tertiary/aromatic N) is 5. The van der Waals surface area contributed by atoms with Gasteiger partial charge in [0.15, 0.2) is 0 Å². The van der Waals surface area contributed by atoms with Crippen LogP contribution in [0.4, 0.5) is 17.3 Å². The predicted octanol–water partition coefficient (Wildman–Crippen LogP) is 3.04. The van der Waals surface area contributed by atoms with Crippen molar-refractivity contribution in [3.05, 3.63) is 77.3 Å². The second-order valence-electron chi connectivity index (χ2n) is 8.65. The largest absolute Gasteiger partial charge is 0.480 e. The van der Waals surface area contributed by atoms with E-state index in [0.717, 1.165) is 37.4 Å². The minimum Gasteiger partial charge on any atom is -0.480 e. The molecule has 0 amide bonds. The first-order chi connectivity index (χ1) is 17.0. The van der Waals surface area contributed by atoms with Gasteiger partial charge in [-0.1, -0.05) is 30.3 Å². The second kappa shape index (κ2) is 9.55. The Hall–Kier alpha value is -4.24. The van der Waals surface area contributed by atoms with Crippen LogP contribution in [0.25, 0.3) is 22.0 Å². The summed E-state index contributed by atoms with van der Waals surface area (Å²) in [4.78, 5) is 37.9. The van der Waals surface area contributed by atoms with E-state index in [1.165, 1.54) is 16.5 Å². The molecule has 35 heavy (non-hydrogen) atoms. The van der Waals surface area contributed by atoms with Gasteiger partial charge in [-0.05, 0) is 36.9 Å². The van der Waals surface area contributed by atoms with Crippen LogP contribution in [0.3, 0.4) is 0 Å². The van der Waals surface area contributed by atoms with Crippen LogP contribution < -0.4 is 15.8 Å². The summed E-state index contributed by atoms with van der Waals surface area (Å²) in [6, 6.07) is 17.6. The van der Waals surface area contributed by atoms with Crippen LogP contribution in [0.1, 0.15) is 0 Å². The van der Waals surface area contributed by atoms with Gasteiger partial charge in [-0.15, -0.1) is 0 Å². The average Bonchev–Trinajstić information content (AvgIpc) is 2.87. The predicted molar refractivity (Wildman–Crippen MR) is 136 cm³/mol. The maximum atomic E-state index is 12.9. The summed E-state index contributed by atoms with van der Waals surface area (Å²) in [5.74, 6) is -0.734. The summed E-state index contributed by atoms with van der Waals surface area (Å²) in [5.41, 5.74) is 3.53. The fraction of sp³-hybridized carbons (Fsp3) is 0.231. The first-order valence-corrected chi connectivity index (χ1v) is 11.5. The summed E-state index contributed by atoms with van der Waals surface area (Å²) < 4.78 is 1.18. The summed E-state index contributed by atoms with van der Waals surface area (Å²) in [7, 11) is 2.14. The normalized spacial score (nSPS) is 14.3. The number of aliphatic carboxylic acids is 1. The van der Waals surface area contributed by atoms with Gasteiger partial charge in [0.1, 0.15) is 6.54 Å². The van der Waals surface area contributed by atoms with E-state index in [0.29, 0.717) is 17.0 Å². The van der Waals surface area contributed by atoms with Crippen molar-refractivity contribution in [1.29, 1.82) is 0 Å². The van der Waals surface area contributed by atoms with E-state index in [1.807, 2.05) is 42.5 Å². The number of rotatable bonds is 6. The Labute approximate surface area is 202 Å². The zero-order valence-corrected chi connectivity index (χ0v) is 19.4. The Morgan fingerprint density at radius 3 is 2.43 bits per heavy atom. The third kappa shape index (κ3) is 4.85. The zero-order chi connectivity index (χ0) is 24.4. The first kappa shape index (κ1) is 22.5. The van der Waals surface area contributed by atoms with Crippen LogP contribution in [0.15, 0.2) is 71.8 Å². The number of hydrogen-bond donors (Lipinski definition) is 2. The van der Waals surface area contributed by atoms with Gasteiger partial charge in [-0.2, -0.15) is 0 Å². The van der Waals surface area contributed by atoms with E-state index in [2.05, 4.69) is 44.3 Å². The lowest BCUT2D eigenvalue weighted by Gasteiger charge is -2.34. The molecule has 1 saturated heterocycles. The lowest BCUT2D eigenvalue weighted by molar-refractivity contribution is -0.137. The third-order valence-electron chi connectivity index (χ3n) is 6.20. The van der Waals surface area contributed by atoms with Gasteiger partial charge in [-0.25, -0.2) is 9.97 Å². The number of piperazine rings is 1. The molecule has 9 heteroatoms. The Morgan fingerprint density at radius 1 is 1.03 bits per heavy atom. The van der Waals surface area contributed by atoms with Gasteiger partial charge in [0.2, 0.25) is 5.95 Å². The van der Waals surface area contributed by atoms with E-state index in [1.54, 1.807) is 6.20 Å². The molecule has 1 aliphatic heterocycles. The smallest absolute Gasteiger partial charge is 0.323 e. The molecule has 2 N–H and O–H groups in total.